The van der Waals surface area contributed by atoms with Gasteiger partial charge in [0, 0.05) is 12.5 Å². The third kappa shape index (κ3) is 1.73. The molecule has 0 amide bonds. The molecule has 1 spiro atoms. The van der Waals surface area contributed by atoms with Crippen LogP contribution >= 0.6 is 0 Å². The molecule has 1 aliphatic heterocycles. The van der Waals surface area contributed by atoms with Gasteiger partial charge in [-0.1, -0.05) is 78.4 Å². The van der Waals surface area contributed by atoms with Crippen molar-refractivity contribution >= 4 is 0 Å². The highest BCUT2D eigenvalue weighted by atomic mass is 16.5. The number of rotatable bonds is 1. The second-order valence-corrected chi connectivity index (χ2v) is 6.93. The molecule has 2 aliphatic rings. The van der Waals surface area contributed by atoms with Crippen LogP contribution in [0.4, 0.5) is 0 Å². The summed E-state index contributed by atoms with van der Waals surface area (Å²) in [6, 6.07) is 26.4. The van der Waals surface area contributed by atoms with Crippen molar-refractivity contribution in [2.45, 2.75) is 24.9 Å². The van der Waals surface area contributed by atoms with Crippen LogP contribution in [-0.4, -0.2) is 6.61 Å². The van der Waals surface area contributed by atoms with Crippen LogP contribution in [-0.2, 0) is 10.3 Å². The molecule has 1 saturated heterocycles. The molecule has 0 aromatic heterocycles. The Balaban J connectivity index is 1.81. The summed E-state index contributed by atoms with van der Waals surface area (Å²) >= 11 is 0. The quantitative estimate of drug-likeness (QED) is 0.582. The van der Waals surface area contributed by atoms with E-state index < -0.39 is 0 Å². The summed E-state index contributed by atoms with van der Waals surface area (Å²) in [5.41, 5.74) is 7.68. The van der Waals surface area contributed by atoms with Crippen molar-refractivity contribution in [2.24, 2.45) is 0 Å². The predicted octanol–water partition coefficient (Wildman–Crippen LogP) is 5.42. The highest BCUT2D eigenvalue weighted by molar-refractivity contribution is 5.81. The van der Waals surface area contributed by atoms with Crippen molar-refractivity contribution in [2.75, 3.05) is 6.61 Å². The van der Waals surface area contributed by atoms with Gasteiger partial charge in [0.2, 0.25) is 0 Å². The molecule has 3 aromatic rings. The lowest BCUT2D eigenvalue weighted by Crippen LogP contribution is -2.30. The Kier molecular flexibility index (Phi) is 2.95. The molecule has 1 fully saturated rings. The van der Waals surface area contributed by atoms with Crippen LogP contribution in [0.15, 0.2) is 72.8 Å². The maximum atomic E-state index is 6.56. The summed E-state index contributed by atoms with van der Waals surface area (Å²) in [6.45, 7) is 2.97. The van der Waals surface area contributed by atoms with E-state index in [9.17, 15) is 0 Å². The molecule has 24 heavy (non-hydrogen) atoms. The van der Waals surface area contributed by atoms with E-state index in [4.69, 9.17) is 4.74 Å². The average Bonchev–Trinajstić information content (AvgIpc) is 3.18. The molecule has 3 aromatic carbocycles. The van der Waals surface area contributed by atoms with E-state index in [0.29, 0.717) is 5.92 Å². The van der Waals surface area contributed by atoms with Gasteiger partial charge < -0.3 is 4.74 Å². The summed E-state index contributed by atoms with van der Waals surface area (Å²) in [7, 11) is 0. The number of aryl methyl sites for hydroxylation is 1. The zero-order valence-corrected chi connectivity index (χ0v) is 13.8. The molecule has 0 radical (unpaired) electrons. The van der Waals surface area contributed by atoms with E-state index >= 15 is 0 Å². The Bertz CT molecular complexity index is 912. The molecule has 1 aliphatic carbocycles. The number of benzene rings is 3. The summed E-state index contributed by atoms with van der Waals surface area (Å²) in [5, 5.41) is 0. The molecule has 0 saturated carbocycles. The van der Waals surface area contributed by atoms with Gasteiger partial charge in [0.05, 0.1) is 0 Å². The zero-order valence-electron chi connectivity index (χ0n) is 13.8. The fraction of sp³-hybridized carbons (Fsp3) is 0.217. The SMILES string of the molecule is Cc1ccc2c(c1)-c1ccccc1C21OCCC1c1ccccc1. The maximum Gasteiger partial charge on any atom is 0.126 e. The molecule has 5 rings (SSSR count). The molecular weight excluding hydrogens is 292 g/mol. The minimum Gasteiger partial charge on any atom is -0.365 e. The van der Waals surface area contributed by atoms with Gasteiger partial charge in [-0.25, -0.2) is 0 Å². The first kappa shape index (κ1) is 14.0. The standard InChI is InChI=1S/C23H20O/c1-16-11-12-22-19(15-16)18-9-5-6-10-21(18)23(22)20(13-14-24-23)17-7-3-2-4-8-17/h2-12,15,20H,13-14H2,1H3. The van der Waals surface area contributed by atoms with Crippen molar-refractivity contribution in [1.29, 1.82) is 0 Å². The number of hydrogen-bond donors (Lipinski definition) is 0. The van der Waals surface area contributed by atoms with Crippen LogP contribution < -0.4 is 0 Å². The Labute approximate surface area is 142 Å². The lowest BCUT2D eigenvalue weighted by molar-refractivity contribution is 0.0300. The average molecular weight is 312 g/mol. The van der Waals surface area contributed by atoms with E-state index in [0.717, 1.165) is 13.0 Å². The largest absolute Gasteiger partial charge is 0.365 e. The fourth-order valence-corrected chi connectivity index (χ4v) is 4.65. The summed E-state index contributed by atoms with van der Waals surface area (Å²) in [4.78, 5) is 0. The van der Waals surface area contributed by atoms with Gasteiger partial charge in [-0.15, -0.1) is 0 Å². The minimum atomic E-state index is -0.332. The smallest absolute Gasteiger partial charge is 0.126 e. The minimum absolute atomic E-state index is 0.332. The fourth-order valence-electron chi connectivity index (χ4n) is 4.65. The van der Waals surface area contributed by atoms with Gasteiger partial charge in [0.25, 0.3) is 0 Å². The Morgan fingerprint density at radius 1 is 0.833 bits per heavy atom. The summed E-state index contributed by atoms with van der Waals surface area (Å²) in [6.07, 6.45) is 1.06. The first-order valence-corrected chi connectivity index (χ1v) is 8.70. The van der Waals surface area contributed by atoms with Crippen LogP contribution in [0.1, 0.15) is 34.6 Å². The van der Waals surface area contributed by atoms with Crippen LogP contribution in [0.3, 0.4) is 0 Å². The normalized spacial score (nSPS) is 24.1. The molecule has 1 nitrogen and oxygen atoms in total. The van der Waals surface area contributed by atoms with Crippen LogP contribution in [0.5, 0.6) is 0 Å². The van der Waals surface area contributed by atoms with Crippen molar-refractivity contribution in [3.05, 3.63) is 95.1 Å². The van der Waals surface area contributed by atoms with Crippen LogP contribution in [0.2, 0.25) is 0 Å². The van der Waals surface area contributed by atoms with Gasteiger partial charge in [0.15, 0.2) is 0 Å². The molecule has 0 N–H and O–H groups in total. The molecule has 2 unspecified atom stereocenters. The molecular formula is C23H20O. The second-order valence-electron chi connectivity index (χ2n) is 6.93. The lowest BCUT2D eigenvalue weighted by Gasteiger charge is -2.33. The Hall–Kier alpha value is -2.38. The third-order valence-corrected chi connectivity index (χ3v) is 5.62. The van der Waals surface area contributed by atoms with Crippen molar-refractivity contribution < 1.29 is 4.74 Å². The second kappa shape index (κ2) is 5.06. The van der Waals surface area contributed by atoms with Crippen LogP contribution in [0, 0.1) is 6.92 Å². The number of fused-ring (bicyclic) bond motifs is 5. The molecule has 1 heterocycles. The Morgan fingerprint density at radius 3 is 2.46 bits per heavy atom. The highest BCUT2D eigenvalue weighted by Crippen LogP contribution is 2.59. The van der Waals surface area contributed by atoms with Crippen molar-refractivity contribution in [3.63, 3.8) is 0 Å². The molecule has 0 bridgehead atoms. The van der Waals surface area contributed by atoms with E-state index in [1.165, 1.54) is 33.4 Å². The van der Waals surface area contributed by atoms with Crippen molar-refractivity contribution in [1.82, 2.24) is 0 Å². The van der Waals surface area contributed by atoms with E-state index in [1.807, 2.05) is 0 Å². The maximum absolute atomic E-state index is 6.56. The lowest BCUT2D eigenvalue weighted by atomic mass is 9.76. The van der Waals surface area contributed by atoms with Gasteiger partial charge in [-0.2, -0.15) is 0 Å². The number of ether oxygens (including phenoxy) is 1. The Morgan fingerprint density at radius 2 is 1.58 bits per heavy atom. The zero-order chi connectivity index (χ0) is 16.1. The molecule has 118 valence electrons. The predicted molar refractivity (Wildman–Crippen MR) is 97.1 cm³/mol. The van der Waals surface area contributed by atoms with Crippen molar-refractivity contribution in [3.8, 4) is 11.1 Å². The summed E-state index contributed by atoms with van der Waals surface area (Å²) in [5.74, 6) is 0.365. The van der Waals surface area contributed by atoms with Crippen LogP contribution in [0.25, 0.3) is 11.1 Å². The third-order valence-electron chi connectivity index (χ3n) is 5.62. The molecule has 2 atom stereocenters. The van der Waals surface area contributed by atoms with Gasteiger partial charge in [-0.3, -0.25) is 0 Å². The monoisotopic (exact) mass is 312 g/mol. The van der Waals surface area contributed by atoms with E-state index in [2.05, 4.69) is 79.7 Å². The first-order chi connectivity index (χ1) is 11.8. The van der Waals surface area contributed by atoms with Gasteiger partial charge in [0.1, 0.15) is 5.60 Å². The van der Waals surface area contributed by atoms with Gasteiger partial charge >= 0.3 is 0 Å². The summed E-state index contributed by atoms with van der Waals surface area (Å²) < 4.78 is 6.56. The first-order valence-electron chi connectivity index (χ1n) is 8.70. The highest BCUT2D eigenvalue weighted by Gasteiger charge is 2.53. The van der Waals surface area contributed by atoms with E-state index in [1.54, 1.807) is 0 Å². The topological polar surface area (TPSA) is 9.23 Å². The van der Waals surface area contributed by atoms with Gasteiger partial charge in [-0.05, 0) is 41.2 Å². The molecule has 1 heteroatoms. The van der Waals surface area contributed by atoms with E-state index in [-0.39, 0.29) is 5.60 Å². The number of hydrogen-bond acceptors (Lipinski definition) is 1.